The van der Waals surface area contributed by atoms with E-state index in [0.29, 0.717) is 6.42 Å². The second kappa shape index (κ2) is 5.74. The largest absolute Gasteiger partial charge is 0.416 e. The van der Waals surface area contributed by atoms with Crippen molar-refractivity contribution in [2.45, 2.75) is 25.4 Å². The van der Waals surface area contributed by atoms with Crippen molar-refractivity contribution in [3.63, 3.8) is 0 Å². The van der Waals surface area contributed by atoms with Gasteiger partial charge in [0.15, 0.2) is 5.78 Å². The number of halogens is 3. The van der Waals surface area contributed by atoms with Gasteiger partial charge < -0.3 is 5.32 Å². The number of alkyl halides is 3. The van der Waals surface area contributed by atoms with Crippen LogP contribution >= 0.6 is 0 Å². The van der Waals surface area contributed by atoms with E-state index in [0.717, 1.165) is 38.1 Å². The van der Waals surface area contributed by atoms with Gasteiger partial charge in [-0.2, -0.15) is 13.2 Å². The molecule has 1 aromatic rings. The van der Waals surface area contributed by atoms with Crippen molar-refractivity contribution < 1.29 is 18.0 Å². The molecule has 2 nitrogen and oxygen atoms in total. The molecule has 0 atom stereocenters. The fraction of sp³-hybridized carbons (Fsp3) is 0.500. The second-order valence-electron chi connectivity index (χ2n) is 4.90. The molecule has 0 bridgehead atoms. The van der Waals surface area contributed by atoms with E-state index in [1.54, 1.807) is 0 Å². The highest BCUT2D eigenvalue weighted by molar-refractivity contribution is 5.96. The number of hydrogen-bond donors (Lipinski definition) is 1. The zero-order valence-corrected chi connectivity index (χ0v) is 10.5. The average molecular weight is 271 g/mol. The number of rotatable bonds is 3. The predicted molar refractivity (Wildman–Crippen MR) is 66.0 cm³/mol. The summed E-state index contributed by atoms with van der Waals surface area (Å²) in [6, 6.07) is 4.68. The molecular weight excluding hydrogens is 255 g/mol. The Labute approximate surface area is 110 Å². The minimum Gasteiger partial charge on any atom is -0.317 e. The Kier molecular flexibility index (Phi) is 4.24. The highest BCUT2D eigenvalue weighted by Crippen LogP contribution is 2.30. The molecule has 0 unspecified atom stereocenters. The Morgan fingerprint density at radius 2 is 1.95 bits per heavy atom. The van der Waals surface area contributed by atoms with E-state index in [1.807, 2.05) is 0 Å². The van der Waals surface area contributed by atoms with Crippen LogP contribution in [0.25, 0.3) is 0 Å². The summed E-state index contributed by atoms with van der Waals surface area (Å²) in [5, 5.41) is 3.20. The Bertz CT molecular complexity index is 450. The van der Waals surface area contributed by atoms with Crippen molar-refractivity contribution in [1.82, 2.24) is 5.32 Å². The lowest BCUT2D eigenvalue weighted by atomic mass is 9.90. The van der Waals surface area contributed by atoms with Crippen LogP contribution in [0.3, 0.4) is 0 Å². The maximum absolute atomic E-state index is 12.6. The average Bonchev–Trinajstić information content (AvgIpc) is 2.39. The molecule has 1 aliphatic rings. The molecule has 1 fully saturated rings. The van der Waals surface area contributed by atoms with Crippen LogP contribution in [0.15, 0.2) is 24.3 Å². The van der Waals surface area contributed by atoms with Gasteiger partial charge in [0.1, 0.15) is 0 Å². The minimum atomic E-state index is -4.40. The first-order chi connectivity index (χ1) is 8.97. The summed E-state index contributed by atoms with van der Waals surface area (Å²) >= 11 is 0. The minimum absolute atomic E-state index is 0.161. The first kappa shape index (κ1) is 14.1. The number of benzene rings is 1. The zero-order chi connectivity index (χ0) is 13.9. The maximum Gasteiger partial charge on any atom is 0.416 e. The standard InChI is InChI=1S/C14H16F3NO/c15-14(16,17)12-3-1-2-11(9-12)13(19)8-10-4-6-18-7-5-10/h1-3,9-10,18H,4-8H2. The summed E-state index contributed by atoms with van der Waals surface area (Å²) in [5.41, 5.74) is -0.600. The van der Waals surface area contributed by atoms with Gasteiger partial charge in [-0.15, -0.1) is 0 Å². The molecule has 0 amide bonds. The summed E-state index contributed by atoms with van der Waals surface area (Å²) in [7, 11) is 0. The summed E-state index contributed by atoms with van der Waals surface area (Å²) < 4.78 is 37.7. The molecule has 1 heterocycles. The number of hydrogen-bond acceptors (Lipinski definition) is 2. The summed E-state index contributed by atoms with van der Waals surface area (Å²) in [5.74, 6) is 0.0845. The molecule has 0 aromatic heterocycles. The molecule has 5 heteroatoms. The Morgan fingerprint density at radius 1 is 1.26 bits per heavy atom. The number of carbonyl (C=O) groups excluding carboxylic acids is 1. The predicted octanol–water partition coefficient (Wildman–Crippen LogP) is 3.28. The number of nitrogens with one attached hydrogen (secondary N) is 1. The van der Waals surface area contributed by atoms with E-state index in [1.165, 1.54) is 12.1 Å². The van der Waals surface area contributed by atoms with Gasteiger partial charge in [0, 0.05) is 12.0 Å². The lowest BCUT2D eigenvalue weighted by Crippen LogP contribution is -2.28. The highest BCUT2D eigenvalue weighted by atomic mass is 19.4. The zero-order valence-electron chi connectivity index (χ0n) is 10.5. The van der Waals surface area contributed by atoms with Crippen LogP contribution in [0, 0.1) is 5.92 Å². The number of Topliss-reactive ketones (excluding diaryl/α,β-unsaturated/α-hetero) is 1. The molecule has 0 spiro atoms. The summed E-state index contributed by atoms with van der Waals surface area (Å²) in [6.07, 6.45) is -2.25. The molecular formula is C14H16F3NO. The number of carbonyl (C=O) groups is 1. The smallest absolute Gasteiger partial charge is 0.317 e. The normalized spacial score (nSPS) is 17.4. The van der Waals surface area contributed by atoms with Crippen molar-refractivity contribution in [2.75, 3.05) is 13.1 Å². The number of ketones is 1. The lowest BCUT2D eigenvalue weighted by molar-refractivity contribution is -0.137. The van der Waals surface area contributed by atoms with Gasteiger partial charge in [-0.3, -0.25) is 4.79 Å². The third kappa shape index (κ3) is 3.80. The lowest BCUT2D eigenvalue weighted by Gasteiger charge is -2.21. The van der Waals surface area contributed by atoms with Gasteiger partial charge in [0.25, 0.3) is 0 Å². The van der Waals surface area contributed by atoms with Gasteiger partial charge in [-0.1, -0.05) is 12.1 Å². The van der Waals surface area contributed by atoms with E-state index in [4.69, 9.17) is 0 Å². The van der Waals surface area contributed by atoms with Crippen molar-refractivity contribution in [1.29, 1.82) is 0 Å². The second-order valence-corrected chi connectivity index (χ2v) is 4.90. The van der Waals surface area contributed by atoms with Gasteiger partial charge in [-0.25, -0.2) is 0 Å². The van der Waals surface area contributed by atoms with Crippen LogP contribution in [0.5, 0.6) is 0 Å². The Balaban J connectivity index is 2.06. The van der Waals surface area contributed by atoms with E-state index in [2.05, 4.69) is 5.32 Å². The van der Waals surface area contributed by atoms with Gasteiger partial charge in [-0.05, 0) is 44.0 Å². The van der Waals surface area contributed by atoms with Crippen LogP contribution in [-0.2, 0) is 6.18 Å². The van der Waals surface area contributed by atoms with Gasteiger partial charge in [0.05, 0.1) is 5.56 Å². The van der Waals surface area contributed by atoms with E-state index in [9.17, 15) is 18.0 Å². The first-order valence-electron chi connectivity index (χ1n) is 6.38. The molecule has 104 valence electrons. The molecule has 1 aromatic carbocycles. The molecule has 1 N–H and O–H groups in total. The van der Waals surface area contributed by atoms with Crippen LogP contribution in [0.1, 0.15) is 35.2 Å². The van der Waals surface area contributed by atoms with E-state index < -0.39 is 11.7 Å². The number of piperidine rings is 1. The van der Waals surface area contributed by atoms with E-state index in [-0.39, 0.29) is 17.3 Å². The van der Waals surface area contributed by atoms with Crippen molar-refractivity contribution in [3.8, 4) is 0 Å². The summed E-state index contributed by atoms with van der Waals surface area (Å²) in [6.45, 7) is 1.75. The topological polar surface area (TPSA) is 29.1 Å². The molecule has 19 heavy (non-hydrogen) atoms. The fourth-order valence-electron chi connectivity index (χ4n) is 2.33. The van der Waals surface area contributed by atoms with Crippen molar-refractivity contribution in [3.05, 3.63) is 35.4 Å². The monoisotopic (exact) mass is 271 g/mol. The third-order valence-corrected chi connectivity index (χ3v) is 3.44. The maximum atomic E-state index is 12.6. The third-order valence-electron chi connectivity index (χ3n) is 3.44. The van der Waals surface area contributed by atoms with Gasteiger partial charge in [0.2, 0.25) is 0 Å². The molecule has 0 radical (unpaired) electrons. The quantitative estimate of drug-likeness (QED) is 0.855. The van der Waals surface area contributed by atoms with Crippen LogP contribution in [0.2, 0.25) is 0 Å². The van der Waals surface area contributed by atoms with E-state index >= 15 is 0 Å². The molecule has 1 saturated heterocycles. The molecule has 1 aliphatic heterocycles. The van der Waals surface area contributed by atoms with Crippen LogP contribution in [-0.4, -0.2) is 18.9 Å². The summed E-state index contributed by atoms with van der Waals surface area (Å²) in [4.78, 5) is 12.0. The SMILES string of the molecule is O=C(CC1CCNCC1)c1cccc(C(F)(F)F)c1. The van der Waals surface area contributed by atoms with Crippen molar-refractivity contribution in [2.24, 2.45) is 5.92 Å². The fourth-order valence-corrected chi connectivity index (χ4v) is 2.33. The Morgan fingerprint density at radius 3 is 2.58 bits per heavy atom. The Hall–Kier alpha value is -1.36. The van der Waals surface area contributed by atoms with Crippen LogP contribution in [0.4, 0.5) is 13.2 Å². The molecule has 2 rings (SSSR count). The van der Waals surface area contributed by atoms with Crippen molar-refractivity contribution >= 4 is 5.78 Å². The van der Waals surface area contributed by atoms with Crippen LogP contribution < -0.4 is 5.32 Å². The van der Waals surface area contributed by atoms with Gasteiger partial charge >= 0.3 is 6.18 Å². The molecule has 0 aliphatic carbocycles. The molecule has 0 saturated carbocycles. The first-order valence-corrected chi connectivity index (χ1v) is 6.38. The highest BCUT2D eigenvalue weighted by Gasteiger charge is 2.31.